The fourth-order valence-corrected chi connectivity index (χ4v) is 1.83. The highest BCUT2D eigenvalue weighted by Crippen LogP contribution is 2.08. The second kappa shape index (κ2) is 6.78. The first-order valence-corrected chi connectivity index (χ1v) is 6.96. The van der Waals surface area contributed by atoms with Gasteiger partial charge in [-0.15, -0.1) is 0 Å². The van der Waals surface area contributed by atoms with E-state index in [1.807, 2.05) is 0 Å². The molecule has 0 aromatic carbocycles. The van der Waals surface area contributed by atoms with E-state index in [-0.39, 0.29) is 18.2 Å². The normalized spacial score (nSPS) is 13.4. The molecular formula is C10H20N2O3S. The average Bonchev–Trinajstić information content (AvgIpc) is 2.13. The molecule has 0 aliphatic carbocycles. The van der Waals surface area contributed by atoms with Crippen LogP contribution >= 0.6 is 0 Å². The molecule has 0 aromatic heterocycles. The molecule has 1 unspecified atom stereocenters. The molecule has 0 radical (unpaired) electrons. The van der Waals surface area contributed by atoms with Gasteiger partial charge in [0.2, 0.25) is 10.0 Å². The predicted molar refractivity (Wildman–Crippen MR) is 64.7 cm³/mol. The summed E-state index contributed by atoms with van der Waals surface area (Å²) >= 11 is 0. The van der Waals surface area contributed by atoms with Crippen LogP contribution in [0.15, 0.2) is 12.2 Å². The van der Waals surface area contributed by atoms with Crippen LogP contribution in [-0.4, -0.2) is 40.6 Å². The molecule has 0 rings (SSSR count). The van der Waals surface area contributed by atoms with E-state index in [0.717, 1.165) is 6.26 Å². The second-order valence-electron chi connectivity index (χ2n) is 3.85. The van der Waals surface area contributed by atoms with Crippen molar-refractivity contribution < 1.29 is 13.2 Å². The summed E-state index contributed by atoms with van der Waals surface area (Å²) in [5.41, 5.74) is 0.500. The molecule has 94 valence electrons. The third-order valence-corrected chi connectivity index (χ3v) is 2.83. The van der Waals surface area contributed by atoms with E-state index in [1.54, 1.807) is 14.0 Å². The molecular weight excluding hydrogens is 228 g/mol. The lowest BCUT2D eigenvalue weighted by Crippen LogP contribution is -2.31. The zero-order valence-corrected chi connectivity index (χ0v) is 10.9. The summed E-state index contributed by atoms with van der Waals surface area (Å²) in [6, 6.07) is 0. The Kier molecular flexibility index (Phi) is 6.47. The van der Waals surface area contributed by atoms with Crippen LogP contribution in [0.1, 0.15) is 13.3 Å². The van der Waals surface area contributed by atoms with E-state index in [2.05, 4.69) is 16.6 Å². The summed E-state index contributed by atoms with van der Waals surface area (Å²) in [7, 11) is -1.43. The van der Waals surface area contributed by atoms with Gasteiger partial charge in [0, 0.05) is 19.0 Å². The Hall–Kier alpha value is -0.720. The zero-order valence-electron chi connectivity index (χ0n) is 10.0. The summed E-state index contributed by atoms with van der Waals surface area (Å²) in [4.78, 5) is 11.7. The molecule has 0 bridgehead atoms. The molecule has 16 heavy (non-hydrogen) atoms. The Bertz CT molecular complexity index is 349. The van der Waals surface area contributed by atoms with Crippen LogP contribution in [0, 0.1) is 5.92 Å². The van der Waals surface area contributed by atoms with Crippen molar-refractivity contribution in [3.63, 3.8) is 0 Å². The van der Waals surface area contributed by atoms with Crippen molar-refractivity contribution >= 4 is 15.8 Å². The van der Waals surface area contributed by atoms with E-state index in [4.69, 9.17) is 0 Å². The number of nitrogens with one attached hydrogen (secondary N) is 2. The van der Waals surface area contributed by atoms with Crippen LogP contribution in [0.2, 0.25) is 0 Å². The van der Waals surface area contributed by atoms with Gasteiger partial charge in [0.25, 0.3) is 0 Å². The summed E-state index contributed by atoms with van der Waals surface area (Å²) < 4.78 is 24.1. The summed E-state index contributed by atoms with van der Waals surface area (Å²) in [5.74, 6) is -0.249. The van der Waals surface area contributed by atoms with Gasteiger partial charge < -0.3 is 5.32 Å². The van der Waals surface area contributed by atoms with Crippen molar-refractivity contribution in [2.75, 3.05) is 26.4 Å². The number of carbonyl (C=O) groups excluding carboxylic acids is 1. The molecule has 0 spiro atoms. The third-order valence-electron chi connectivity index (χ3n) is 2.10. The molecule has 0 amide bonds. The molecule has 0 heterocycles. The number of carbonyl (C=O) groups is 1. The Morgan fingerprint density at radius 1 is 1.44 bits per heavy atom. The quantitative estimate of drug-likeness (QED) is 0.589. The van der Waals surface area contributed by atoms with Gasteiger partial charge in [0.1, 0.15) is 0 Å². The lowest BCUT2D eigenvalue weighted by Gasteiger charge is -2.15. The summed E-state index contributed by atoms with van der Waals surface area (Å²) in [5, 5.41) is 2.91. The standard InChI is InChI=1S/C10H20N2O3S/c1-8(2)10(13)9(7-11-3)5-6-12-16(4,14)15/h9,11-12H,1,5-7H2,2-4H3. The minimum absolute atomic E-state index is 0.0235. The molecule has 5 nitrogen and oxygen atoms in total. The fraction of sp³-hybridized carbons (Fsp3) is 0.700. The molecule has 0 saturated heterocycles. The first-order valence-electron chi connectivity index (χ1n) is 5.07. The molecule has 2 N–H and O–H groups in total. The van der Waals surface area contributed by atoms with Crippen LogP contribution in [0.25, 0.3) is 0 Å². The second-order valence-corrected chi connectivity index (χ2v) is 5.69. The van der Waals surface area contributed by atoms with Crippen molar-refractivity contribution in [2.24, 2.45) is 5.92 Å². The average molecular weight is 248 g/mol. The molecule has 0 aliphatic rings. The largest absolute Gasteiger partial charge is 0.319 e. The number of ketones is 1. The van der Waals surface area contributed by atoms with E-state index in [9.17, 15) is 13.2 Å². The van der Waals surface area contributed by atoms with Crippen molar-refractivity contribution in [3.05, 3.63) is 12.2 Å². The monoisotopic (exact) mass is 248 g/mol. The van der Waals surface area contributed by atoms with Crippen molar-refractivity contribution in [1.82, 2.24) is 10.0 Å². The Morgan fingerprint density at radius 3 is 2.38 bits per heavy atom. The smallest absolute Gasteiger partial charge is 0.208 e. The predicted octanol–water partition coefficient (Wildman–Crippen LogP) is -0.0935. The molecule has 0 aliphatic heterocycles. The highest BCUT2D eigenvalue weighted by atomic mass is 32.2. The van der Waals surface area contributed by atoms with Crippen LogP contribution in [0.3, 0.4) is 0 Å². The Morgan fingerprint density at radius 2 is 2.00 bits per heavy atom. The minimum atomic E-state index is -3.18. The van der Waals surface area contributed by atoms with Crippen LogP contribution in [0.5, 0.6) is 0 Å². The maximum atomic E-state index is 11.7. The van der Waals surface area contributed by atoms with Gasteiger partial charge >= 0.3 is 0 Å². The van der Waals surface area contributed by atoms with Gasteiger partial charge in [-0.2, -0.15) is 0 Å². The number of allylic oxidation sites excluding steroid dienone is 1. The zero-order chi connectivity index (χ0) is 12.8. The summed E-state index contributed by atoms with van der Waals surface area (Å²) in [6.45, 7) is 6.05. The molecule has 6 heteroatoms. The Balaban J connectivity index is 4.25. The first-order chi connectivity index (χ1) is 7.28. The minimum Gasteiger partial charge on any atom is -0.319 e. The number of sulfonamides is 1. The lowest BCUT2D eigenvalue weighted by atomic mass is 9.96. The number of Topliss-reactive ketones (excluding diaryl/α,β-unsaturated/α-hetero) is 1. The van der Waals surface area contributed by atoms with E-state index in [1.165, 1.54) is 0 Å². The van der Waals surface area contributed by atoms with E-state index in [0.29, 0.717) is 18.5 Å². The van der Waals surface area contributed by atoms with Gasteiger partial charge in [-0.3, -0.25) is 4.79 Å². The SMILES string of the molecule is C=C(C)C(=O)C(CCNS(C)(=O)=O)CNC. The topological polar surface area (TPSA) is 75.3 Å². The maximum absolute atomic E-state index is 11.7. The molecule has 0 aromatic rings. The van der Waals surface area contributed by atoms with E-state index < -0.39 is 10.0 Å². The molecule has 0 fully saturated rings. The van der Waals surface area contributed by atoms with Gasteiger partial charge in [-0.25, -0.2) is 13.1 Å². The van der Waals surface area contributed by atoms with Crippen LogP contribution < -0.4 is 10.0 Å². The maximum Gasteiger partial charge on any atom is 0.208 e. The van der Waals surface area contributed by atoms with Crippen LogP contribution in [-0.2, 0) is 14.8 Å². The lowest BCUT2D eigenvalue weighted by molar-refractivity contribution is -0.119. The first kappa shape index (κ1) is 15.3. The Labute approximate surface area is 97.4 Å². The van der Waals surface area contributed by atoms with Crippen molar-refractivity contribution in [3.8, 4) is 0 Å². The van der Waals surface area contributed by atoms with E-state index >= 15 is 0 Å². The van der Waals surface area contributed by atoms with Gasteiger partial charge in [-0.1, -0.05) is 6.58 Å². The fourth-order valence-electron chi connectivity index (χ4n) is 1.34. The third kappa shape index (κ3) is 6.71. The highest BCUT2D eigenvalue weighted by Gasteiger charge is 2.18. The molecule has 1 atom stereocenters. The summed E-state index contributed by atoms with van der Waals surface area (Å²) in [6.07, 6.45) is 1.57. The van der Waals surface area contributed by atoms with Gasteiger partial charge in [0.05, 0.1) is 6.26 Å². The van der Waals surface area contributed by atoms with Gasteiger partial charge in [-0.05, 0) is 26.0 Å². The number of rotatable bonds is 8. The number of hydrogen-bond donors (Lipinski definition) is 2. The van der Waals surface area contributed by atoms with Crippen molar-refractivity contribution in [2.45, 2.75) is 13.3 Å². The van der Waals surface area contributed by atoms with Crippen LogP contribution in [0.4, 0.5) is 0 Å². The van der Waals surface area contributed by atoms with Gasteiger partial charge in [0.15, 0.2) is 5.78 Å². The highest BCUT2D eigenvalue weighted by molar-refractivity contribution is 7.88. The number of hydrogen-bond acceptors (Lipinski definition) is 4. The molecule has 0 saturated carbocycles. The van der Waals surface area contributed by atoms with Crippen molar-refractivity contribution in [1.29, 1.82) is 0 Å².